The quantitative estimate of drug-likeness (QED) is 0.617. The van der Waals surface area contributed by atoms with Gasteiger partial charge in [0, 0.05) is 23.4 Å². The highest BCUT2D eigenvalue weighted by atomic mass is 16.6. The van der Waals surface area contributed by atoms with Crippen LogP contribution in [0, 0.1) is 16.0 Å². The monoisotopic (exact) mass is 327 g/mol. The van der Waals surface area contributed by atoms with Crippen molar-refractivity contribution in [1.82, 2.24) is 5.32 Å². The second kappa shape index (κ2) is 7.59. The fraction of sp³-hybridized carbons (Fsp3) is 0.278. The Bertz CT molecular complexity index is 730. The van der Waals surface area contributed by atoms with Crippen LogP contribution < -0.4 is 10.6 Å². The Hall–Kier alpha value is -2.89. The van der Waals surface area contributed by atoms with Crippen LogP contribution in [0.5, 0.6) is 0 Å². The Morgan fingerprint density at radius 2 is 1.75 bits per heavy atom. The molecule has 0 spiro atoms. The number of carbonyl (C=O) groups excluding carboxylic acids is 1. The third-order valence-corrected chi connectivity index (χ3v) is 3.87. The minimum Gasteiger partial charge on any atom is -0.350 e. The van der Waals surface area contributed by atoms with Gasteiger partial charge in [0.05, 0.1) is 4.92 Å². The van der Waals surface area contributed by atoms with Gasteiger partial charge in [-0.05, 0) is 37.1 Å². The molecule has 2 N–H and O–H groups in total. The van der Waals surface area contributed by atoms with Crippen LogP contribution in [-0.4, -0.2) is 16.9 Å². The van der Waals surface area contributed by atoms with Crippen molar-refractivity contribution in [2.24, 2.45) is 5.92 Å². The number of nitrogens with one attached hydrogen (secondary N) is 2. The Morgan fingerprint density at radius 3 is 2.33 bits per heavy atom. The molecule has 0 heterocycles. The van der Waals surface area contributed by atoms with Gasteiger partial charge in [-0.2, -0.15) is 0 Å². The number of nitro benzene ring substituents is 1. The Morgan fingerprint density at radius 1 is 1.08 bits per heavy atom. The maximum atomic E-state index is 12.2. The van der Waals surface area contributed by atoms with Crippen molar-refractivity contribution in [3.63, 3.8) is 0 Å². The summed E-state index contributed by atoms with van der Waals surface area (Å²) in [6, 6.07) is 13.6. The van der Waals surface area contributed by atoms with Crippen LogP contribution in [0.1, 0.15) is 31.1 Å². The Balaban J connectivity index is 2.26. The zero-order valence-electron chi connectivity index (χ0n) is 13.9. The first-order valence-corrected chi connectivity index (χ1v) is 7.80. The van der Waals surface area contributed by atoms with Crippen LogP contribution in [0.4, 0.5) is 17.1 Å². The summed E-state index contributed by atoms with van der Waals surface area (Å²) in [6.45, 7) is 5.91. The number of hydrogen-bond acceptors (Lipinski definition) is 4. The van der Waals surface area contributed by atoms with Crippen molar-refractivity contribution < 1.29 is 9.72 Å². The normalized spacial score (nSPS) is 11.8. The lowest BCUT2D eigenvalue weighted by Crippen LogP contribution is -2.36. The molecule has 0 saturated heterocycles. The van der Waals surface area contributed by atoms with Gasteiger partial charge in [0.15, 0.2) is 0 Å². The smallest absolute Gasteiger partial charge is 0.293 e. The second-order valence-electron chi connectivity index (χ2n) is 5.99. The van der Waals surface area contributed by atoms with E-state index >= 15 is 0 Å². The molecule has 24 heavy (non-hydrogen) atoms. The molecule has 0 saturated carbocycles. The van der Waals surface area contributed by atoms with E-state index in [1.54, 1.807) is 12.1 Å². The van der Waals surface area contributed by atoms with Crippen molar-refractivity contribution in [2.75, 3.05) is 5.32 Å². The highest BCUT2D eigenvalue weighted by Crippen LogP contribution is 2.28. The molecule has 1 atom stereocenters. The predicted octanol–water partition coefficient (Wildman–Crippen LogP) is 4.11. The van der Waals surface area contributed by atoms with E-state index < -0.39 is 4.92 Å². The molecule has 2 aromatic rings. The average Bonchev–Trinajstić information content (AvgIpc) is 2.55. The molecular weight excluding hydrogens is 306 g/mol. The summed E-state index contributed by atoms with van der Waals surface area (Å²) in [4.78, 5) is 23.1. The summed E-state index contributed by atoms with van der Waals surface area (Å²) in [6.07, 6.45) is 0. The first kappa shape index (κ1) is 17.5. The molecule has 0 aliphatic heterocycles. The second-order valence-corrected chi connectivity index (χ2v) is 5.99. The number of anilines is 2. The molecule has 6 nitrogen and oxygen atoms in total. The van der Waals surface area contributed by atoms with Crippen LogP contribution in [0.3, 0.4) is 0 Å². The molecule has 0 radical (unpaired) electrons. The van der Waals surface area contributed by atoms with Gasteiger partial charge in [-0.3, -0.25) is 14.9 Å². The fourth-order valence-electron chi connectivity index (χ4n) is 2.06. The molecule has 1 amide bonds. The number of carbonyl (C=O) groups is 1. The van der Waals surface area contributed by atoms with E-state index in [1.807, 2.05) is 51.1 Å². The summed E-state index contributed by atoms with van der Waals surface area (Å²) in [5.41, 5.74) is 1.22. The number of nitro groups is 1. The Labute approximate surface area is 141 Å². The van der Waals surface area contributed by atoms with Gasteiger partial charge in [0.25, 0.3) is 11.6 Å². The zero-order valence-corrected chi connectivity index (χ0v) is 13.9. The molecule has 2 aromatic carbocycles. The summed E-state index contributed by atoms with van der Waals surface area (Å²) in [7, 11) is 0. The maximum Gasteiger partial charge on any atom is 0.293 e. The van der Waals surface area contributed by atoms with E-state index in [1.165, 1.54) is 6.07 Å². The topological polar surface area (TPSA) is 84.3 Å². The highest BCUT2D eigenvalue weighted by Gasteiger charge is 2.19. The molecule has 6 heteroatoms. The van der Waals surface area contributed by atoms with Crippen molar-refractivity contribution in [2.45, 2.75) is 26.8 Å². The van der Waals surface area contributed by atoms with Gasteiger partial charge in [-0.25, -0.2) is 0 Å². The first-order chi connectivity index (χ1) is 11.4. The molecule has 0 bridgehead atoms. The van der Waals surface area contributed by atoms with Gasteiger partial charge in [-0.1, -0.05) is 32.0 Å². The van der Waals surface area contributed by atoms with E-state index in [2.05, 4.69) is 10.6 Å². The Kier molecular flexibility index (Phi) is 5.52. The average molecular weight is 327 g/mol. The lowest BCUT2D eigenvalue weighted by Gasteiger charge is -2.17. The lowest BCUT2D eigenvalue weighted by molar-refractivity contribution is -0.383. The van der Waals surface area contributed by atoms with Crippen molar-refractivity contribution in [1.29, 1.82) is 0 Å². The minimum absolute atomic E-state index is 0.0151. The highest BCUT2D eigenvalue weighted by molar-refractivity contribution is 5.96. The van der Waals surface area contributed by atoms with E-state index in [9.17, 15) is 14.9 Å². The molecule has 1 unspecified atom stereocenters. The predicted molar refractivity (Wildman–Crippen MR) is 94.6 cm³/mol. The van der Waals surface area contributed by atoms with Crippen LogP contribution in [0.25, 0.3) is 0 Å². The number of nitrogens with zero attached hydrogens (tertiary/aromatic N) is 1. The van der Waals surface area contributed by atoms with E-state index in [4.69, 9.17) is 0 Å². The van der Waals surface area contributed by atoms with Gasteiger partial charge < -0.3 is 10.6 Å². The molecule has 0 aliphatic carbocycles. The third kappa shape index (κ3) is 4.32. The number of amides is 1. The van der Waals surface area contributed by atoms with Gasteiger partial charge >= 0.3 is 0 Å². The van der Waals surface area contributed by atoms with Crippen molar-refractivity contribution >= 4 is 23.0 Å². The van der Waals surface area contributed by atoms with Crippen LogP contribution in [0.15, 0.2) is 48.5 Å². The third-order valence-electron chi connectivity index (χ3n) is 3.87. The molecule has 0 aromatic heterocycles. The van der Waals surface area contributed by atoms with E-state index in [-0.39, 0.29) is 29.1 Å². The summed E-state index contributed by atoms with van der Waals surface area (Å²) in [5, 5.41) is 17.2. The number of rotatable bonds is 6. The standard InChI is InChI=1S/C18H21N3O3/c1-12(2)13(3)19-18(22)14-9-10-16(17(11-14)21(23)24)20-15-7-5-4-6-8-15/h4-13,20H,1-3H3,(H,19,22). The number of benzene rings is 2. The molecule has 126 valence electrons. The van der Waals surface area contributed by atoms with E-state index in [0.717, 1.165) is 5.69 Å². The molecule has 0 aliphatic rings. The van der Waals surface area contributed by atoms with Crippen LogP contribution >= 0.6 is 0 Å². The number of hydrogen-bond donors (Lipinski definition) is 2. The molecule has 0 fully saturated rings. The van der Waals surface area contributed by atoms with Crippen molar-refractivity contribution in [3.8, 4) is 0 Å². The summed E-state index contributed by atoms with van der Waals surface area (Å²) >= 11 is 0. The maximum absolute atomic E-state index is 12.2. The van der Waals surface area contributed by atoms with Crippen LogP contribution in [0.2, 0.25) is 0 Å². The molecular formula is C18H21N3O3. The number of para-hydroxylation sites is 1. The van der Waals surface area contributed by atoms with Crippen LogP contribution in [-0.2, 0) is 0 Å². The zero-order chi connectivity index (χ0) is 17.7. The van der Waals surface area contributed by atoms with Crippen molar-refractivity contribution in [3.05, 3.63) is 64.2 Å². The minimum atomic E-state index is -0.492. The lowest BCUT2D eigenvalue weighted by atomic mass is 10.1. The van der Waals surface area contributed by atoms with Gasteiger partial charge in [0.2, 0.25) is 0 Å². The largest absolute Gasteiger partial charge is 0.350 e. The fourth-order valence-corrected chi connectivity index (χ4v) is 2.06. The van der Waals surface area contributed by atoms with Gasteiger partial charge in [-0.15, -0.1) is 0 Å². The first-order valence-electron chi connectivity index (χ1n) is 7.80. The van der Waals surface area contributed by atoms with E-state index in [0.29, 0.717) is 5.69 Å². The van der Waals surface area contributed by atoms with Gasteiger partial charge in [0.1, 0.15) is 5.69 Å². The SMILES string of the molecule is CC(C)C(C)NC(=O)c1ccc(Nc2ccccc2)c([N+](=O)[O-])c1. The summed E-state index contributed by atoms with van der Waals surface area (Å²) < 4.78 is 0. The summed E-state index contributed by atoms with van der Waals surface area (Å²) in [5.74, 6) is -0.0338. The molecule has 2 rings (SSSR count).